The number of methoxy groups -OCH3 is 1. The van der Waals surface area contributed by atoms with Gasteiger partial charge < -0.3 is 20.4 Å². The molecule has 2 aromatic heterocycles. The highest BCUT2D eigenvalue weighted by molar-refractivity contribution is 9.10. The Morgan fingerprint density at radius 1 is 1.28 bits per heavy atom. The maximum absolute atomic E-state index is 5.95. The number of benzene rings is 1. The lowest BCUT2D eigenvalue weighted by Gasteiger charge is -2.14. The van der Waals surface area contributed by atoms with Gasteiger partial charge in [0.25, 0.3) is 0 Å². The van der Waals surface area contributed by atoms with Gasteiger partial charge in [-0.3, -0.25) is 0 Å². The van der Waals surface area contributed by atoms with Crippen LogP contribution in [0, 0.1) is 0 Å². The molecule has 0 radical (unpaired) electrons. The van der Waals surface area contributed by atoms with E-state index in [0.717, 1.165) is 51.2 Å². The summed E-state index contributed by atoms with van der Waals surface area (Å²) < 4.78 is 8.56. The molecule has 0 atom stereocenters. The van der Waals surface area contributed by atoms with E-state index in [-0.39, 0.29) is 18.4 Å². The topological polar surface area (TPSA) is 78.0 Å². The minimum absolute atomic E-state index is 0. The third-order valence-corrected chi connectivity index (χ3v) is 5.49. The molecule has 3 rings (SSSR count). The maximum Gasteiger partial charge on any atom is 0.222 e. The second-order valence-electron chi connectivity index (χ2n) is 6.65. The number of nitrogens with two attached hydrogens (primary N) is 1. The van der Waals surface area contributed by atoms with Gasteiger partial charge in [-0.2, -0.15) is 4.98 Å². The number of fused-ring (bicyclic) bond motifs is 1. The van der Waals surface area contributed by atoms with Crippen molar-refractivity contribution >= 4 is 62.7 Å². The quantitative estimate of drug-likeness (QED) is 0.294. The van der Waals surface area contributed by atoms with Gasteiger partial charge in [-0.15, -0.1) is 24.0 Å². The highest BCUT2D eigenvalue weighted by atomic mass is 79.9. The van der Waals surface area contributed by atoms with Crippen molar-refractivity contribution in [2.45, 2.75) is 38.6 Å². The SMILES string of the molecule is CCCCCNc1nc(N)nc2c(Br)cn(Cc3ccc(CCl)cc3OC)c12.Cl. The molecule has 0 fully saturated rings. The van der Waals surface area contributed by atoms with Crippen LogP contribution in [0.15, 0.2) is 28.9 Å². The first kappa shape index (κ1) is 23.6. The first-order valence-corrected chi connectivity index (χ1v) is 10.7. The summed E-state index contributed by atoms with van der Waals surface area (Å²) in [4.78, 5) is 8.87. The highest BCUT2D eigenvalue weighted by Crippen LogP contribution is 2.32. The average Bonchev–Trinajstić information content (AvgIpc) is 3.00. The number of rotatable bonds is 9. The van der Waals surface area contributed by atoms with Gasteiger partial charge in [0.1, 0.15) is 16.8 Å². The number of nitrogen functional groups attached to an aromatic ring is 1. The second-order valence-corrected chi connectivity index (χ2v) is 7.77. The molecule has 0 bridgehead atoms. The van der Waals surface area contributed by atoms with E-state index in [4.69, 9.17) is 22.1 Å². The standard InChI is InChI=1S/C20H25BrClN5O.ClH/c1-3-4-5-8-24-19-18-17(25-20(23)26-19)15(21)12-27(18)11-14-7-6-13(10-22)9-16(14)28-2;/h6-7,9,12H,3-5,8,10-11H2,1-2H3,(H3,23,24,25,26);1H. The predicted molar refractivity (Wildman–Crippen MR) is 127 cm³/mol. The first-order chi connectivity index (χ1) is 13.6. The lowest BCUT2D eigenvalue weighted by molar-refractivity contribution is 0.408. The number of nitrogens with one attached hydrogen (secondary N) is 1. The van der Waals surface area contributed by atoms with Gasteiger partial charge in [0, 0.05) is 24.2 Å². The van der Waals surface area contributed by atoms with E-state index in [1.165, 1.54) is 12.8 Å². The number of halogens is 3. The largest absolute Gasteiger partial charge is 0.496 e. The van der Waals surface area contributed by atoms with Crippen molar-refractivity contribution in [3.05, 3.63) is 40.0 Å². The fourth-order valence-electron chi connectivity index (χ4n) is 3.19. The van der Waals surface area contributed by atoms with E-state index in [2.05, 4.69) is 42.7 Å². The molecular formula is C20H26BrCl2N5O. The molecule has 0 saturated heterocycles. The van der Waals surface area contributed by atoms with Crippen molar-refractivity contribution in [3.63, 3.8) is 0 Å². The zero-order chi connectivity index (χ0) is 20.1. The van der Waals surface area contributed by atoms with Crippen LogP contribution < -0.4 is 15.8 Å². The third kappa shape index (κ3) is 5.47. The second kappa shape index (κ2) is 10.9. The summed E-state index contributed by atoms with van der Waals surface area (Å²) in [5, 5.41) is 3.43. The highest BCUT2D eigenvalue weighted by Gasteiger charge is 2.16. The fraction of sp³-hybridized carbons (Fsp3) is 0.400. The number of alkyl halides is 1. The number of hydrogen-bond donors (Lipinski definition) is 2. The maximum atomic E-state index is 5.95. The van der Waals surface area contributed by atoms with Crippen molar-refractivity contribution in [1.82, 2.24) is 14.5 Å². The van der Waals surface area contributed by atoms with Crippen LogP contribution in [0.1, 0.15) is 37.3 Å². The van der Waals surface area contributed by atoms with E-state index in [0.29, 0.717) is 12.4 Å². The summed E-state index contributed by atoms with van der Waals surface area (Å²) in [6.07, 6.45) is 5.43. The number of unbranched alkanes of at least 4 members (excludes halogenated alkanes) is 2. The Balaban J connectivity index is 0.00000300. The average molecular weight is 503 g/mol. The molecule has 0 spiro atoms. The van der Waals surface area contributed by atoms with Gasteiger partial charge >= 0.3 is 0 Å². The van der Waals surface area contributed by atoms with Gasteiger partial charge in [-0.25, -0.2) is 4.98 Å². The Morgan fingerprint density at radius 2 is 2.07 bits per heavy atom. The van der Waals surface area contributed by atoms with Crippen molar-refractivity contribution in [2.24, 2.45) is 0 Å². The van der Waals surface area contributed by atoms with Gasteiger partial charge in [-0.05, 0) is 34.0 Å². The lowest BCUT2D eigenvalue weighted by atomic mass is 10.1. The van der Waals surface area contributed by atoms with Crippen LogP contribution in [0.25, 0.3) is 11.0 Å². The van der Waals surface area contributed by atoms with Crippen molar-refractivity contribution in [3.8, 4) is 5.75 Å². The summed E-state index contributed by atoms with van der Waals surface area (Å²) >= 11 is 9.56. The number of anilines is 2. The molecule has 3 aromatic rings. The molecule has 9 heteroatoms. The van der Waals surface area contributed by atoms with Crippen molar-refractivity contribution < 1.29 is 4.74 Å². The molecule has 29 heavy (non-hydrogen) atoms. The monoisotopic (exact) mass is 501 g/mol. The zero-order valence-electron chi connectivity index (χ0n) is 16.5. The molecule has 1 aromatic carbocycles. The third-order valence-electron chi connectivity index (χ3n) is 4.60. The molecule has 158 valence electrons. The molecule has 0 saturated carbocycles. The lowest BCUT2D eigenvalue weighted by Crippen LogP contribution is -2.09. The molecule has 0 unspecified atom stereocenters. The smallest absolute Gasteiger partial charge is 0.222 e. The van der Waals surface area contributed by atoms with Crippen LogP contribution >= 0.6 is 39.9 Å². The van der Waals surface area contributed by atoms with Crippen molar-refractivity contribution in [2.75, 3.05) is 24.7 Å². The molecule has 6 nitrogen and oxygen atoms in total. The van der Waals surface area contributed by atoms with Crippen LogP contribution in [-0.4, -0.2) is 28.2 Å². The number of aromatic nitrogens is 3. The van der Waals surface area contributed by atoms with Gasteiger partial charge in [0.15, 0.2) is 5.82 Å². The minimum Gasteiger partial charge on any atom is -0.496 e. The van der Waals surface area contributed by atoms with Gasteiger partial charge in [0.2, 0.25) is 5.95 Å². The Hall–Kier alpha value is -1.70. The molecule has 3 N–H and O–H groups in total. The number of ether oxygens (including phenoxy) is 1. The van der Waals surface area contributed by atoms with Crippen molar-refractivity contribution in [1.29, 1.82) is 0 Å². The van der Waals surface area contributed by atoms with E-state index in [9.17, 15) is 0 Å². The van der Waals surface area contributed by atoms with Gasteiger partial charge in [0.05, 0.1) is 18.1 Å². The summed E-state index contributed by atoms with van der Waals surface area (Å²) in [6.45, 7) is 3.65. The Bertz CT molecular complexity index is 964. The zero-order valence-corrected chi connectivity index (χ0v) is 19.7. The summed E-state index contributed by atoms with van der Waals surface area (Å²) in [5.41, 5.74) is 9.72. The summed E-state index contributed by atoms with van der Waals surface area (Å²) in [7, 11) is 1.67. The van der Waals surface area contributed by atoms with Gasteiger partial charge in [-0.1, -0.05) is 31.9 Å². The molecular weight excluding hydrogens is 477 g/mol. The van der Waals surface area contributed by atoms with Crippen LogP contribution in [0.4, 0.5) is 11.8 Å². The minimum atomic E-state index is 0. The normalized spacial score (nSPS) is 10.8. The fourth-order valence-corrected chi connectivity index (χ4v) is 3.88. The first-order valence-electron chi connectivity index (χ1n) is 9.34. The Kier molecular flexibility index (Phi) is 8.86. The number of nitrogens with zero attached hydrogens (tertiary/aromatic N) is 3. The van der Waals surface area contributed by atoms with E-state index < -0.39 is 0 Å². The molecule has 0 aliphatic rings. The Labute approximate surface area is 190 Å². The summed E-state index contributed by atoms with van der Waals surface area (Å²) in [6, 6.07) is 6.04. The van der Waals surface area contributed by atoms with Crippen LogP contribution in [-0.2, 0) is 12.4 Å². The Morgan fingerprint density at radius 3 is 2.76 bits per heavy atom. The number of hydrogen-bond acceptors (Lipinski definition) is 5. The predicted octanol–water partition coefficient (Wildman–Crippen LogP) is 5.60. The molecule has 2 heterocycles. The van der Waals surface area contributed by atoms with E-state index in [1.54, 1.807) is 7.11 Å². The van der Waals surface area contributed by atoms with Crippen LogP contribution in [0.2, 0.25) is 0 Å². The van der Waals surface area contributed by atoms with Crippen LogP contribution in [0.5, 0.6) is 5.75 Å². The molecule has 0 aliphatic heterocycles. The molecule has 0 amide bonds. The summed E-state index contributed by atoms with van der Waals surface area (Å²) in [5.74, 6) is 2.27. The van der Waals surface area contributed by atoms with E-state index >= 15 is 0 Å². The van der Waals surface area contributed by atoms with Crippen LogP contribution in [0.3, 0.4) is 0 Å². The van der Waals surface area contributed by atoms with E-state index in [1.807, 2.05) is 24.4 Å². The molecule has 0 aliphatic carbocycles.